The van der Waals surface area contributed by atoms with E-state index >= 15 is 0 Å². The maximum atomic E-state index is 13.0. The fourth-order valence-electron chi connectivity index (χ4n) is 2.90. The summed E-state index contributed by atoms with van der Waals surface area (Å²) in [5.74, 6) is -2.36. The molecule has 1 fully saturated rings. The van der Waals surface area contributed by atoms with E-state index in [0.29, 0.717) is 18.4 Å². The first-order valence-electron chi connectivity index (χ1n) is 8.32. The van der Waals surface area contributed by atoms with Crippen LogP contribution in [0.2, 0.25) is 0 Å². The molecule has 1 atom stereocenters. The third-order valence-electron chi connectivity index (χ3n) is 4.16. The number of ether oxygens (including phenoxy) is 2. The fraction of sp³-hybridized carbons (Fsp3) is 0.529. The number of rotatable bonds is 7. The Kier molecular flexibility index (Phi) is 6.74. The van der Waals surface area contributed by atoms with Crippen LogP contribution in [0.25, 0.3) is 0 Å². The van der Waals surface area contributed by atoms with Gasteiger partial charge in [0, 0.05) is 20.2 Å². The molecule has 0 amide bonds. The van der Waals surface area contributed by atoms with Gasteiger partial charge in [0.25, 0.3) is 0 Å². The highest BCUT2D eigenvalue weighted by Crippen LogP contribution is 2.26. The molecule has 1 heterocycles. The summed E-state index contributed by atoms with van der Waals surface area (Å²) in [5.41, 5.74) is 0.634. The molecule has 0 bridgehead atoms. The number of carboxylic acid groups (broad SMARTS) is 1. The van der Waals surface area contributed by atoms with Gasteiger partial charge in [-0.3, -0.25) is 4.79 Å². The lowest BCUT2D eigenvalue weighted by molar-refractivity contribution is -0.142. The van der Waals surface area contributed by atoms with Crippen molar-refractivity contribution in [3.63, 3.8) is 0 Å². The molecule has 1 aliphatic heterocycles. The predicted octanol–water partition coefficient (Wildman–Crippen LogP) is 1.49. The standard InChI is InChI=1S/C17H23NO7S/c1-3-25-17(21)14-7-12(11-24-2)8-15(9-14)26(22,23)18-6-4-5-13(10-18)16(19)20/h7-9,13H,3-6,10-11H2,1-2H3,(H,19,20). The Morgan fingerprint density at radius 2 is 2.04 bits per heavy atom. The molecule has 26 heavy (non-hydrogen) atoms. The first-order valence-corrected chi connectivity index (χ1v) is 9.76. The SMILES string of the molecule is CCOC(=O)c1cc(COC)cc(S(=O)(=O)N2CCCC(C(=O)O)C2)c1. The maximum absolute atomic E-state index is 13.0. The molecule has 2 rings (SSSR count). The molecular weight excluding hydrogens is 362 g/mol. The fourth-order valence-corrected chi connectivity index (χ4v) is 4.52. The summed E-state index contributed by atoms with van der Waals surface area (Å²) in [4.78, 5) is 23.2. The monoisotopic (exact) mass is 385 g/mol. The highest BCUT2D eigenvalue weighted by Gasteiger charge is 2.33. The zero-order chi connectivity index (χ0) is 19.3. The minimum Gasteiger partial charge on any atom is -0.481 e. The number of aliphatic carboxylic acids is 1. The molecule has 0 radical (unpaired) electrons. The molecule has 144 valence electrons. The summed E-state index contributed by atoms with van der Waals surface area (Å²) in [6, 6.07) is 4.22. The zero-order valence-electron chi connectivity index (χ0n) is 14.8. The van der Waals surface area contributed by atoms with Crippen molar-refractivity contribution in [3.8, 4) is 0 Å². The zero-order valence-corrected chi connectivity index (χ0v) is 15.6. The summed E-state index contributed by atoms with van der Waals surface area (Å²) < 4.78 is 37.1. The van der Waals surface area contributed by atoms with Crippen molar-refractivity contribution in [2.45, 2.75) is 31.3 Å². The minimum atomic E-state index is -3.93. The number of carbonyl (C=O) groups is 2. The van der Waals surface area contributed by atoms with E-state index in [2.05, 4.69) is 0 Å². The van der Waals surface area contributed by atoms with Crippen LogP contribution in [0.15, 0.2) is 23.1 Å². The van der Waals surface area contributed by atoms with Crippen LogP contribution in [0.5, 0.6) is 0 Å². The molecular formula is C17H23NO7S. The smallest absolute Gasteiger partial charge is 0.338 e. The number of esters is 1. The topological polar surface area (TPSA) is 110 Å². The van der Waals surface area contributed by atoms with Crippen LogP contribution in [0.4, 0.5) is 0 Å². The predicted molar refractivity (Wildman–Crippen MR) is 92.2 cm³/mol. The van der Waals surface area contributed by atoms with E-state index < -0.39 is 27.9 Å². The molecule has 1 aliphatic rings. The first-order chi connectivity index (χ1) is 12.3. The van der Waals surface area contributed by atoms with Crippen LogP contribution in [0.1, 0.15) is 35.7 Å². The second kappa shape index (κ2) is 8.61. The van der Waals surface area contributed by atoms with Gasteiger partial charge in [-0.05, 0) is 43.5 Å². The Hall–Kier alpha value is -1.97. The van der Waals surface area contributed by atoms with E-state index in [1.165, 1.54) is 25.3 Å². The highest BCUT2D eigenvalue weighted by atomic mass is 32.2. The summed E-state index contributed by atoms with van der Waals surface area (Å²) in [5, 5.41) is 9.18. The number of hydrogen-bond donors (Lipinski definition) is 1. The van der Waals surface area contributed by atoms with Crippen LogP contribution < -0.4 is 0 Å². The molecule has 1 aromatic carbocycles. The molecule has 1 unspecified atom stereocenters. The second-order valence-corrected chi connectivity index (χ2v) is 8.00. The number of methoxy groups -OCH3 is 1. The lowest BCUT2D eigenvalue weighted by atomic mass is 10.0. The third kappa shape index (κ3) is 4.60. The Labute approximate surface area is 152 Å². The van der Waals surface area contributed by atoms with Crippen molar-refractivity contribution < 1.29 is 32.6 Å². The lowest BCUT2D eigenvalue weighted by Crippen LogP contribution is -2.42. The number of hydrogen-bond acceptors (Lipinski definition) is 6. The summed E-state index contributed by atoms with van der Waals surface area (Å²) in [7, 11) is -2.47. The molecule has 0 saturated carbocycles. The first kappa shape index (κ1) is 20.3. The van der Waals surface area contributed by atoms with E-state index in [1.54, 1.807) is 6.92 Å². The van der Waals surface area contributed by atoms with Crippen molar-refractivity contribution in [1.82, 2.24) is 4.31 Å². The van der Waals surface area contributed by atoms with Gasteiger partial charge >= 0.3 is 11.9 Å². The van der Waals surface area contributed by atoms with Gasteiger partial charge in [0.15, 0.2) is 0 Å². The van der Waals surface area contributed by atoms with Crippen LogP contribution in [-0.4, -0.2) is 56.6 Å². The van der Waals surface area contributed by atoms with Crippen LogP contribution in [0.3, 0.4) is 0 Å². The average molecular weight is 385 g/mol. The Balaban J connectivity index is 2.40. The molecule has 0 spiro atoms. The van der Waals surface area contributed by atoms with E-state index in [9.17, 15) is 23.1 Å². The summed E-state index contributed by atoms with van der Waals surface area (Å²) >= 11 is 0. The molecule has 9 heteroatoms. The van der Waals surface area contributed by atoms with E-state index in [1.807, 2.05) is 0 Å². The van der Waals surface area contributed by atoms with Gasteiger partial charge in [0.2, 0.25) is 10.0 Å². The van der Waals surface area contributed by atoms with Gasteiger partial charge in [0.1, 0.15) is 0 Å². The number of carbonyl (C=O) groups excluding carboxylic acids is 1. The Morgan fingerprint density at radius 3 is 2.65 bits per heavy atom. The number of sulfonamides is 1. The van der Waals surface area contributed by atoms with Gasteiger partial charge in [-0.2, -0.15) is 4.31 Å². The van der Waals surface area contributed by atoms with Gasteiger partial charge < -0.3 is 14.6 Å². The molecule has 0 aliphatic carbocycles. The Morgan fingerprint density at radius 1 is 1.31 bits per heavy atom. The number of nitrogens with zero attached hydrogens (tertiary/aromatic N) is 1. The van der Waals surface area contributed by atoms with E-state index in [-0.39, 0.29) is 36.8 Å². The normalized spacial score (nSPS) is 18.5. The van der Waals surface area contributed by atoms with Crippen molar-refractivity contribution in [3.05, 3.63) is 29.3 Å². The molecule has 8 nitrogen and oxygen atoms in total. The van der Waals surface area contributed by atoms with Gasteiger partial charge in [0.05, 0.1) is 29.6 Å². The summed E-state index contributed by atoms with van der Waals surface area (Å²) in [6.45, 7) is 2.12. The van der Waals surface area contributed by atoms with Crippen LogP contribution in [-0.2, 0) is 30.9 Å². The second-order valence-electron chi connectivity index (χ2n) is 6.06. The molecule has 1 saturated heterocycles. The average Bonchev–Trinajstić information content (AvgIpc) is 2.62. The molecule has 1 N–H and O–H groups in total. The summed E-state index contributed by atoms with van der Waals surface area (Å²) in [6.07, 6.45) is 0.915. The van der Waals surface area contributed by atoms with Gasteiger partial charge in [-0.25, -0.2) is 13.2 Å². The van der Waals surface area contributed by atoms with Crippen molar-refractivity contribution >= 4 is 22.0 Å². The van der Waals surface area contributed by atoms with E-state index in [4.69, 9.17) is 9.47 Å². The molecule has 1 aromatic rings. The number of carboxylic acids is 1. The highest BCUT2D eigenvalue weighted by molar-refractivity contribution is 7.89. The number of benzene rings is 1. The quantitative estimate of drug-likeness (QED) is 0.708. The van der Waals surface area contributed by atoms with Gasteiger partial charge in [-0.1, -0.05) is 0 Å². The van der Waals surface area contributed by atoms with E-state index in [0.717, 1.165) is 4.31 Å². The third-order valence-corrected chi connectivity index (χ3v) is 6.00. The molecule has 0 aromatic heterocycles. The van der Waals surface area contributed by atoms with Crippen LogP contribution in [0, 0.1) is 5.92 Å². The maximum Gasteiger partial charge on any atom is 0.338 e. The number of piperidine rings is 1. The lowest BCUT2D eigenvalue weighted by Gasteiger charge is -2.30. The largest absolute Gasteiger partial charge is 0.481 e. The van der Waals surface area contributed by atoms with Gasteiger partial charge in [-0.15, -0.1) is 0 Å². The van der Waals surface area contributed by atoms with Crippen molar-refractivity contribution in [2.75, 3.05) is 26.8 Å². The minimum absolute atomic E-state index is 0.0684. The van der Waals surface area contributed by atoms with Crippen molar-refractivity contribution in [2.24, 2.45) is 5.92 Å². The Bertz CT molecular complexity index is 775. The van der Waals surface area contributed by atoms with Crippen LogP contribution >= 0.6 is 0 Å². The van der Waals surface area contributed by atoms with Crippen molar-refractivity contribution in [1.29, 1.82) is 0 Å².